The molecule has 0 bridgehead atoms. The molecule has 0 aliphatic rings. The van der Waals surface area contributed by atoms with Crippen molar-refractivity contribution in [1.29, 1.82) is 0 Å². The average Bonchev–Trinajstić information content (AvgIpc) is 2.00. The second-order valence-corrected chi connectivity index (χ2v) is 5.61. The lowest BCUT2D eigenvalue weighted by Gasteiger charge is -2.24. The number of rotatable bonds is 5. The number of carbonyl (C=O) groups excluding carboxylic acids is 1. The first-order chi connectivity index (χ1) is 6.76. The molecule has 0 aromatic rings. The fourth-order valence-corrected chi connectivity index (χ4v) is 1.85. The summed E-state index contributed by atoms with van der Waals surface area (Å²) in [6, 6.07) is 0. The minimum atomic E-state index is 0.0376. The highest BCUT2D eigenvalue weighted by molar-refractivity contribution is 5.76. The van der Waals surface area contributed by atoms with Gasteiger partial charge in [-0.2, -0.15) is 0 Å². The fourth-order valence-electron chi connectivity index (χ4n) is 1.85. The fraction of sp³-hybridized carbons (Fsp3) is 0.917. The van der Waals surface area contributed by atoms with Crippen molar-refractivity contribution in [2.24, 2.45) is 11.3 Å². The maximum atomic E-state index is 11.6. The molecule has 3 nitrogen and oxygen atoms in total. The Kier molecular flexibility index (Phi) is 5.88. The molecule has 0 aliphatic carbocycles. The van der Waals surface area contributed by atoms with E-state index in [0.717, 1.165) is 6.42 Å². The average molecular weight is 215 g/mol. The van der Waals surface area contributed by atoms with Crippen LogP contribution in [0.5, 0.6) is 0 Å². The Morgan fingerprint density at radius 3 is 2.33 bits per heavy atom. The molecule has 0 aliphatic heterocycles. The van der Waals surface area contributed by atoms with Gasteiger partial charge in [-0.15, -0.1) is 0 Å². The number of aliphatic hydroxyl groups is 1. The Balaban J connectivity index is 3.96. The van der Waals surface area contributed by atoms with Gasteiger partial charge < -0.3 is 10.0 Å². The smallest absolute Gasteiger partial charge is 0.222 e. The Bertz CT molecular complexity index is 196. The summed E-state index contributed by atoms with van der Waals surface area (Å²) < 4.78 is 0. The van der Waals surface area contributed by atoms with Crippen LogP contribution in [-0.4, -0.2) is 36.1 Å². The maximum Gasteiger partial charge on any atom is 0.222 e. The van der Waals surface area contributed by atoms with Crippen molar-refractivity contribution in [3.8, 4) is 0 Å². The van der Waals surface area contributed by atoms with Gasteiger partial charge in [-0.05, 0) is 17.8 Å². The molecule has 1 N–H and O–H groups in total. The SMILES string of the molecule is CC(CC(=O)N(C)CCO)CC(C)(C)C. The van der Waals surface area contributed by atoms with E-state index in [-0.39, 0.29) is 17.9 Å². The van der Waals surface area contributed by atoms with Crippen molar-refractivity contribution >= 4 is 5.91 Å². The van der Waals surface area contributed by atoms with Gasteiger partial charge in [-0.1, -0.05) is 27.7 Å². The topological polar surface area (TPSA) is 40.5 Å². The summed E-state index contributed by atoms with van der Waals surface area (Å²) in [5.74, 6) is 0.527. The van der Waals surface area contributed by atoms with Gasteiger partial charge in [-0.25, -0.2) is 0 Å². The molecule has 1 unspecified atom stereocenters. The summed E-state index contributed by atoms with van der Waals surface area (Å²) in [7, 11) is 1.74. The highest BCUT2D eigenvalue weighted by Gasteiger charge is 2.19. The van der Waals surface area contributed by atoms with Crippen molar-refractivity contribution in [3.63, 3.8) is 0 Å². The highest BCUT2D eigenvalue weighted by Crippen LogP contribution is 2.26. The van der Waals surface area contributed by atoms with Crippen molar-refractivity contribution in [1.82, 2.24) is 4.90 Å². The number of amides is 1. The molecule has 0 saturated carbocycles. The molecule has 0 rings (SSSR count). The quantitative estimate of drug-likeness (QED) is 0.761. The molecule has 15 heavy (non-hydrogen) atoms. The molecule has 0 fully saturated rings. The van der Waals surface area contributed by atoms with Gasteiger partial charge in [0.2, 0.25) is 5.91 Å². The molecule has 0 aromatic heterocycles. The van der Waals surface area contributed by atoms with E-state index < -0.39 is 0 Å². The van der Waals surface area contributed by atoms with E-state index in [2.05, 4.69) is 27.7 Å². The Hall–Kier alpha value is -0.570. The second-order valence-electron chi connectivity index (χ2n) is 5.61. The van der Waals surface area contributed by atoms with Crippen LogP contribution in [0.4, 0.5) is 0 Å². The molecular weight excluding hydrogens is 190 g/mol. The molecular formula is C12H25NO2. The largest absolute Gasteiger partial charge is 0.395 e. The highest BCUT2D eigenvalue weighted by atomic mass is 16.3. The predicted octanol–water partition coefficient (Wildman–Crippen LogP) is 1.90. The molecule has 1 atom stereocenters. The summed E-state index contributed by atoms with van der Waals surface area (Å²) in [6.45, 7) is 9.13. The third-order valence-electron chi connectivity index (χ3n) is 2.35. The van der Waals surface area contributed by atoms with Crippen LogP contribution in [0.2, 0.25) is 0 Å². The van der Waals surface area contributed by atoms with E-state index in [4.69, 9.17) is 5.11 Å². The van der Waals surface area contributed by atoms with Crippen LogP contribution in [0.1, 0.15) is 40.5 Å². The van der Waals surface area contributed by atoms with Crippen LogP contribution in [-0.2, 0) is 4.79 Å². The standard InChI is InChI=1S/C12H25NO2/c1-10(9-12(2,3)4)8-11(15)13(5)6-7-14/h10,14H,6-9H2,1-5H3. The van der Waals surface area contributed by atoms with Crippen molar-refractivity contribution in [2.45, 2.75) is 40.5 Å². The Morgan fingerprint density at radius 2 is 1.93 bits per heavy atom. The zero-order chi connectivity index (χ0) is 12.1. The number of nitrogens with zero attached hydrogens (tertiary/aromatic N) is 1. The second kappa shape index (κ2) is 6.11. The van der Waals surface area contributed by atoms with Gasteiger partial charge >= 0.3 is 0 Å². The predicted molar refractivity (Wildman–Crippen MR) is 62.6 cm³/mol. The number of aliphatic hydroxyl groups excluding tert-OH is 1. The minimum Gasteiger partial charge on any atom is -0.395 e. The van der Waals surface area contributed by atoms with Crippen molar-refractivity contribution in [3.05, 3.63) is 0 Å². The van der Waals surface area contributed by atoms with E-state index >= 15 is 0 Å². The lowest BCUT2D eigenvalue weighted by molar-refractivity contribution is -0.131. The van der Waals surface area contributed by atoms with Gasteiger partial charge in [0.1, 0.15) is 0 Å². The number of hydrogen-bond acceptors (Lipinski definition) is 2. The summed E-state index contributed by atoms with van der Waals surface area (Å²) >= 11 is 0. The third kappa shape index (κ3) is 7.37. The van der Waals surface area contributed by atoms with Crippen LogP contribution in [0.25, 0.3) is 0 Å². The van der Waals surface area contributed by atoms with E-state index in [9.17, 15) is 4.79 Å². The number of likely N-dealkylation sites (N-methyl/N-ethyl adjacent to an activating group) is 1. The van der Waals surface area contributed by atoms with E-state index in [1.54, 1.807) is 11.9 Å². The molecule has 3 heteroatoms. The molecule has 90 valence electrons. The summed E-state index contributed by atoms with van der Waals surface area (Å²) in [5, 5.41) is 8.71. The van der Waals surface area contributed by atoms with Crippen LogP contribution in [0.15, 0.2) is 0 Å². The van der Waals surface area contributed by atoms with E-state index in [1.165, 1.54) is 0 Å². The Morgan fingerprint density at radius 1 is 1.40 bits per heavy atom. The first-order valence-electron chi connectivity index (χ1n) is 5.61. The first-order valence-corrected chi connectivity index (χ1v) is 5.61. The van der Waals surface area contributed by atoms with Crippen molar-refractivity contribution in [2.75, 3.05) is 20.2 Å². The zero-order valence-electron chi connectivity index (χ0n) is 10.7. The van der Waals surface area contributed by atoms with Gasteiger partial charge in [0.15, 0.2) is 0 Å². The normalized spacial score (nSPS) is 13.7. The first kappa shape index (κ1) is 14.4. The number of hydrogen-bond donors (Lipinski definition) is 1. The third-order valence-corrected chi connectivity index (χ3v) is 2.35. The summed E-state index contributed by atoms with van der Waals surface area (Å²) in [6.07, 6.45) is 1.62. The van der Waals surface area contributed by atoms with E-state index in [0.29, 0.717) is 18.9 Å². The summed E-state index contributed by atoms with van der Waals surface area (Å²) in [4.78, 5) is 13.2. The van der Waals surface area contributed by atoms with Crippen molar-refractivity contribution < 1.29 is 9.90 Å². The lowest BCUT2D eigenvalue weighted by atomic mass is 9.84. The van der Waals surface area contributed by atoms with Gasteiger partial charge in [-0.3, -0.25) is 4.79 Å². The Labute approximate surface area is 93.5 Å². The summed E-state index contributed by atoms with van der Waals surface area (Å²) in [5.41, 5.74) is 0.273. The number of carbonyl (C=O) groups is 1. The van der Waals surface area contributed by atoms with Gasteiger partial charge in [0.05, 0.1) is 6.61 Å². The van der Waals surface area contributed by atoms with Crippen LogP contribution >= 0.6 is 0 Å². The minimum absolute atomic E-state index is 0.0376. The monoisotopic (exact) mass is 215 g/mol. The molecule has 0 heterocycles. The van der Waals surface area contributed by atoms with Gasteiger partial charge in [0, 0.05) is 20.0 Å². The molecule has 0 radical (unpaired) electrons. The van der Waals surface area contributed by atoms with E-state index in [1.807, 2.05) is 0 Å². The molecule has 0 saturated heterocycles. The lowest BCUT2D eigenvalue weighted by Crippen LogP contribution is -2.31. The van der Waals surface area contributed by atoms with Gasteiger partial charge in [0.25, 0.3) is 0 Å². The molecule has 1 amide bonds. The van der Waals surface area contributed by atoms with Crippen LogP contribution in [0, 0.1) is 11.3 Å². The maximum absolute atomic E-state index is 11.6. The van der Waals surface area contributed by atoms with Crippen LogP contribution < -0.4 is 0 Å². The molecule has 0 aromatic carbocycles. The molecule has 0 spiro atoms. The van der Waals surface area contributed by atoms with Crippen LogP contribution in [0.3, 0.4) is 0 Å². The zero-order valence-corrected chi connectivity index (χ0v) is 10.7.